The second-order valence-electron chi connectivity index (χ2n) is 4.66. The molecule has 4 heteroatoms. The Morgan fingerprint density at radius 2 is 2.06 bits per heavy atom. The Bertz CT molecular complexity index is 411. The molecule has 0 aliphatic carbocycles. The number of aliphatic hydroxyl groups is 1. The van der Waals surface area contributed by atoms with Gasteiger partial charge in [-0.2, -0.15) is 0 Å². The average molecular weight is 235 g/mol. The highest BCUT2D eigenvalue weighted by molar-refractivity contribution is 5.87. The normalized spacial score (nSPS) is 18.9. The predicted octanol–water partition coefficient (Wildman–Crippen LogP) is 1.04. The van der Waals surface area contributed by atoms with Gasteiger partial charge in [0, 0.05) is 6.42 Å². The summed E-state index contributed by atoms with van der Waals surface area (Å²) in [6, 6.07) is 6.80. The Morgan fingerprint density at radius 3 is 2.71 bits per heavy atom. The summed E-state index contributed by atoms with van der Waals surface area (Å²) in [6.45, 7) is 1.63. The first-order chi connectivity index (χ1) is 8.09. The van der Waals surface area contributed by atoms with Gasteiger partial charge in [-0.1, -0.05) is 12.1 Å². The van der Waals surface area contributed by atoms with Crippen LogP contribution in [0, 0.1) is 0 Å². The standard InChI is InChI=1S/C13H17NO3/c15-12(16)11-3-1-2-10(8-11)9-13(17)4-6-14-7-5-13/h1-3,8,14,17H,4-7,9H2,(H,15,16). The number of piperidine rings is 1. The summed E-state index contributed by atoms with van der Waals surface area (Å²) >= 11 is 0. The van der Waals surface area contributed by atoms with Crippen molar-refractivity contribution in [3.8, 4) is 0 Å². The molecule has 0 aromatic heterocycles. The van der Waals surface area contributed by atoms with Crippen molar-refractivity contribution in [1.82, 2.24) is 5.32 Å². The predicted molar refractivity (Wildman–Crippen MR) is 64.2 cm³/mol. The van der Waals surface area contributed by atoms with E-state index in [1.54, 1.807) is 18.2 Å². The molecule has 1 heterocycles. The van der Waals surface area contributed by atoms with Gasteiger partial charge in [-0.25, -0.2) is 4.79 Å². The van der Waals surface area contributed by atoms with Crippen molar-refractivity contribution in [2.75, 3.05) is 13.1 Å². The van der Waals surface area contributed by atoms with Crippen LogP contribution in [0.4, 0.5) is 0 Å². The van der Waals surface area contributed by atoms with Gasteiger partial charge in [0.15, 0.2) is 0 Å². The summed E-state index contributed by atoms with van der Waals surface area (Å²) in [5.41, 5.74) is 0.469. The van der Waals surface area contributed by atoms with E-state index in [0.717, 1.165) is 18.7 Å². The van der Waals surface area contributed by atoms with Crippen LogP contribution in [0.3, 0.4) is 0 Å². The molecule has 1 saturated heterocycles. The number of nitrogens with one attached hydrogen (secondary N) is 1. The minimum absolute atomic E-state index is 0.278. The van der Waals surface area contributed by atoms with Crippen molar-refractivity contribution in [1.29, 1.82) is 0 Å². The van der Waals surface area contributed by atoms with Crippen molar-refractivity contribution in [3.63, 3.8) is 0 Å². The van der Waals surface area contributed by atoms with Crippen molar-refractivity contribution in [2.24, 2.45) is 0 Å². The van der Waals surface area contributed by atoms with Crippen molar-refractivity contribution in [3.05, 3.63) is 35.4 Å². The lowest BCUT2D eigenvalue weighted by atomic mass is 9.86. The first kappa shape index (κ1) is 12.1. The zero-order valence-corrected chi connectivity index (χ0v) is 9.65. The van der Waals surface area contributed by atoms with Gasteiger partial charge in [0.1, 0.15) is 0 Å². The van der Waals surface area contributed by atoms with Gasteiger partial charge in [-0.15, -0.1) is 0 Å². The number of carbonyl (C=O) groups is 1. The first-order valence-corrected chi connectivity index (χ1v) is 5.84. The monoisotopic (exact) mass is 235 g/mol. The second-order valence-corrected chi connectivity index (χ2v) is 4.66. The van der Waals surface area contributed by atoms with Gasteiger partial charge in [-0.05, 0) is 43.6 Å². The molecule has 1 aromatic carbocycles. The molecule has 1 aliphatic rings. The van der Waals surface area contributed by atoms with E-state index in [0.29, 0.717) is 19.3 Å². The van der Waals surface area contributed by atoms with Crippen LogP contribution in [0.5, 0.6) is 0 Å². The summed E-state index contributed by atoms with van der Waals surface area (Å²) in [5, 5.41) is 22.5. The van der Waals surface area contributed by atoms with E-state index >= 15 is 0 Å². The number of aromatic carboxylic acids is 1. The van der Waals surface area contributed by atoms with Gasteiger partial charge in [-0.3, -0.25) is 0 Å². The van der Waals surface area contributed by atoms with E-state index in [1.165, 1.54) is 0 Å². The molecule has 17 heavy (non-hydrogen) atoms. The summed E-state index contributed by atoms with van der Waals surface area (Å²) in [7, 11) is 0. The van der Waals surface area contributed by atoms with Crippen molar-refractivity contribution < 1.29 is 15.0 Å². The minimum Gasteiger partial charge on any atom is -0.478 e. The van der Waals surface area contributed by atoms with E-state index in [-0.39, 0.29) is 5.56 Å². The fraction of sp³-hybridized carbons (Fsp3) is 0.462. The lowest BCUT2D eigenvalue weighted by Crippen LogP contribution is -2.43. The molecule has 0 saturated carbocycles. The van der Waals surface area contributed by atoms with Crippen LogP contribution >= 0.6 is 0 Å². The SMILES string of the molecule is O=C(O)c1cccc(CC2(O)CCNCC2)c1. The molecular weight excluding hydrogens is 218 g/mol. The Balaban J connectivity index is 2.12. The summed E-state index contributed by atoms with van der Waals surface area (Å²) in [4.78, 5) is 10.9. The zero-order valence-electron chi connectivity index (χ0n) is 9.65. The molecule has 1 aliphatic heterocycles. The van der Waals surface area contributed by atoms with E-state index in [4.69, 9.17) is 5.11 Å². The van der Waals surface area contributed by atoms with E-state index in [2.05, 4.69) is 5.32 Å². The molecule has 4 nitrogen and oxygen atoms in total. The van der Waals surface area contributed by atoms with Crippen LogP contribution in [0.1, 0.15) is 28.8 Å². The molecule has 0 amide bonds. The smallest absolute Gasteiger partial charge is 0.335 e. The van der Waals surface area contributed by atoms with Gasteiger partial charge in [0.05, 0.1) is 11.2 Å². The molecule has 0 bridgehead atoms. The molecule has 1 fully saturated rings. The van der Waals surface area contributed by atoms with Gasteiger partial charge >= 0.3 is 5.97 Å². The third-order valence-corrected chi connectivity index (χ3v) is 3.24. The molecule has 0 radical (unpaired) electrons. The number of hydrogen-bond donors (Lipinski definition) is 3. The minimum atomic E-state index is -0.927. The van der Waals surface area contributed by atoms with Crippen LogP contribution in [0.15, 0.2) is 24.3 Å². The maximum atomic E-state index is 10.9. The fourth-order valence-corrected chi connectivity index (χ4v) is 2.26. The first-order valence-electron chi connectivity index (χ1n) is 5.84. The van der Waals surface area contributed by atoms with Gasteiger partial charge in [0.2, 0.25) is 0 Å². The Hall–Kier alpha value is -1.39. The highest BCUT2D eigenvalue weighted by atomic mass is 16.4. The van der Waals surface area contributed by atoms with Crippen LogP contribution in [-0.4, -0.2) is 34.9 Å². The molecule has 3 N–H and O–H groups in total. The maximum absolute atomic E-state index is 10.9. The van der Waals surface area contributed by atoms with Crippen LogP contribution < -0.4 is 5.32 Å². The van der Waals surface area contributed by atoms with Crippen molar-refractivity contribution in [2.45, 2.75) is 24.9 Å². The number of carboxylic acid groups (broad SMARTS) is 1. The van der Waals surface area contributed by atoms with Gasteiger partial charge < -0.3 is 15.5 Å². The molecule has 2 rings (SSSR count). The third-order valence-electron chi connectivity index (χ3n) is 3.24. The molecular formula is C13H17NO3. The summed E-state index contributed by atoms with van der Waals surface area (Å²) in [6.07, 6.45) is 1.95. The Labute approximate surface area is 100 Å². The van der Waals surface area contributed by atoms with Crippen LogP contribution in [0.2, 0.25) is 0 Å². The molecule has 0 unspecified atom stereocenters. The number of benzene rings is 1. The highest BCUT2D eigenvalue weighted by Crippen LogP contribution is 2.23. The molecule has 0 atom stereocenters. The Kier molecular flexibility index (Phi) is 3.45. The molecule has 0 spiro atoms. The van der Waals surface area contributed by atoms with E-state index in [9.17, 15) is 9.90 Å². The number of hydrogen-bond acceptors (Lipinski definition) is 3. The van der Waals surface area contributed by atoms with Crippen LogP contribution in [0.25, 0.3) is 0 Å². The topological polar surface area (TPSA) is 69.6 Å². The van der Waals surface area contributed by atoms with Crippen LogP contribution in [-0.2, 0) is 6.42 Å². The summed E-state index contributed by atoms with van der Waals surface area (Å²) in [5.74, 6) is -0.927. The second kappa shape index (κ2) is 4.85. The average Bonchev–Trinajstić information content (AvgIpc) is 2.29. The molecule has 92 valence electrons. The molecule has 1 aromatic rings. The van der Waals surface area contributed by atoms with E-state index < -0.39 is 11.6 Å². The van der Waals surface area contributed by atoms with Crippen molar-refractivity contribution >= 4 is 5.97 Å². The number of rotatable bonds is 3. The lowest BCUT2D eigenvalue weighted by molar-refractivity contribution is 0.0108. The fourth-order valence-electron chi connectivity index (χ4n) is 2.26. The maximum Gasteiger partial charge on any atom is 0.335 e. The third kappa shape index (κ3) is 3.05. The zero-order chi connectivity index (χ0) is 12.3. The summed E-state index contributed by atoms with van der Waals surface area (Å²) < 4.78 is 0. The van der Waals surface area contributed by atoms with Gasteiger partial charge in [0.25, 0.3) is 0 Å². The highest BCUT2D eigenvalue weighted by Gasteiger charge is 2.29. The largest absolute Gasteiger partial charge is 0.478 e. The lowest BCUT2D eigenvalue weighted by Gasteiger charge is -2.32. The quantitative estimate of drug-likeness (QED) is 0.732. The van der Waals surface area contributed by atoms with E-state index in [1.807, 2.05) is 6.07 Å². The number of carboxylic acids is 1. The Morgan fingerprint density at radius 1 is 1.35 bits per heavy atom.